The number of nitrogens with zero attached hydrogens (tertiary/aromatic N) is 1. The fourth-order valence-electron chi connectivity index (χ4n) is 2.60. The highest BCUT2D eigenvalue weighted by molar-refractivity contribution is 5.97. The number of ether oxygens (including phenoxy) is 3. The number of nitrogens with one attached hydrogen (secondary N) is 1. The van der Waals surface area contributed by atoms with Gasteiger partial charge in [-0.2, -0.15) is 0 Å². The van der Waals surface area contributed by atoms with E-state index in [0.717, 1.165) is 6.42 Å². The zero-order valence-corrected chi connectivity index (χ0v) is 13.0. The fourth-order valence-corrected chi connectivity index (χ4v) is 2.60. The summed E-state index contributed by atoms with van der Waals surface area (Å²) in [7, 11) is 0. The monoisotopic (exact) mass is 320 g/mol. The van der Waals surface area contributed by atoms with Crippen molar-refractivity contribution in [3.8, 4) is 11.5 Å². The van der Waals surface area contributed by atoms with Crippen LogP contribution < -0.4 is 14.8 Å². The van der Waals surface area contributed by atoms with Crippen LogP contribution in [0.3, 0.4) is 0 Å². The third kappa shape index (κ3) is 3.56. The van der Waals surface area contributed by atoms with Crippen LogP contribution in [0.5, 0.6) is 11.5 Å². The predicted molar refractivity (Wildman–Crippen MR) is 81.5 cm³/mol. The van der Waals surface area contributed by atoms with Gasteiger partial charge in [0.1, 0.15) is 0 Å². The van der Waals surface area contributed by atoms with Crippen molar-refractivity contribution in [3.05, 3.63) is 23.8 Å². The second-order valence-electron chi connectivity index (χ2n) is 5.49. The molecule has 2 aliphatic rings. The molecular formula is C16H20N2O5. The van der Waals surface area contributed by atoms with Gasteiger partial charge in [0.2, 0.25) is 12.7 Å². The van der Waals surface area contributed by atoms with Crippen molar-refractivity contribution in [2.24, 2.45) is 0 Å². The van der Waals surface area contributed by atoms with Gasteiger partial charge >= 0.3 is 0 Å². The standard InChI is InChI=1S/C16H20N2O5/c1-2-12-9-18(5-6-21-12)15(19)8-17-16(20)11-3-4-13-14(7-11)23-10-22-13/h3-4,7,12H,2,5-6,8-10H2,1H3,(H,17,20). The van der Waals surface area contributed by atoms with Crippen LogP contribution in [0.25, 0.3) is 0 Å². The number of rotatable bonds is 4. The van der Waals surface area contributed by atoms with E-state index in [4.69, 9.17) is 14.2 Å². The maximum atomic E-state index is 12.2. The average molecular weight is 320 g/mol. The van der Waals surface area contributed by atoms with Crippen molar-refractivity contribution in [2.75, 3.05) is 33.0 Å². The lowest BCUT2D eigenvalue weighted by molar-refractivity contribution is -0.137. The molecule has 1 aromatic carbocycles. The first-order valence-electron chi connectivity index (χ1n) is 7.74. The third-order valence-corrected chi connectivity index (χ3v) is 3.98. The van der Waals surface area contributed by atoms with Gasteiger partial charge in [-0.15, -0.1) is 0 Å². The molecule has 0 saturated carbocycles. The summed E-state index contributed by atoms with van der Waals surface area (Å²) in [6, 6.07) is 4.95. The molecule has 124 valence electrons. The highest BCUT2D eigenvalue weighted by Crippen LogP contribution is 2.32. The van der Waals surface area contributed by atoms with Crippen LogP contribution in [0.15, 0.2) is 18.2 Å². The van der Waals surface area contributed by atoms with Crippen LogP contribution in [0.4, 0.5) is 0 Å². The molecule has 0 spiro atoms. The Morgan fingerprint density at radius 2 is 2.13 bits per heavy atom. The van der Waals surface area contributed by atoms with Gasteiger partial charge in [-0.1, -0.05) is 6.92 Å². The minimum atomic E-state index is -0.308. The number of carbonyl (C=O) groups excluding carboxylic acids is 2. The second-order valence-corrected chi connectivity index (χ2v) is 5.49. The minimum Gasteiger partial charge on any atom is -0.454 e. The van der Waals surface area contributed by atoms with Crippen LogP contribution in [-0.2, 0) is 9.53 Å². The molecular weight excluding hydrogens is 300 g/mol. The quantitative estimate of drug-likeness (QED) is 0.887. The van der Waals surface area contributed by atoms with E-state index >= 15 is 0 Å². The molecule has 7 nitrogen and oxygen atoms in total. The maximum Gasteiger partial charge on any atom is 0.251 e. The Morgan fingerprint density at radius 3 is 2.96 bits per heavy atom. The lowest BCUT2D eigenvalue weighted by atomic mass is 10.2. The van der Waals surface area contributed by atoms with Gasteiger partial charge in [0, 0.05) is 18.7 Å². The first-order chi connectivity index (χ1) is 11.2. The molecule has 1 unspecified atom stereocenters. The molecule has 0 radical (unpaired) electrons. The zero-order valence-electron chi connectivity index (χ0n) is 13.0. The van der Waals surface area contributed by atoms with Crippen LogP contribution in [0.1, 0.15) is 23.7 Å². The Morgan fingerprint density at radius 1 is 1.30 bits per heavy atom. The average Bonchev–Trinajstić information content (AvgIpc) is 3.07. The number of hydrogen-bond donors (Lipinski definition) is 1. The van der Waals surface area contributed by atoms with Crippen molar-refractivity contribution in [3.63, 3.8) is 0 Å². The van der Waals surface area contributed by atoms with Crippen LogP contribution in [0, 0.1) is 0 Å². The van der Waals surface area contributed by atoms with E-state index in [9.17, 15) is 9.59 Å². The van der Waals surface area contributed by atoms with E-state index in [2.05, 4.69) is 5.32 Å². The molecule has 1 atom stereocenters. The Kier molecular flexibility index (Phi) is 4.66. The largest absolute Gasteiger partial charge is 0.454 e. The molecule has 0 aromatic heterocycles. The fraction of sp³-hybridized carbons (Fsp3) is 0.500. The second kappa shape index (κ2) is 6.87. The first-order valence-corrected chi connectivity index (χ1v) is 7.74. The van der Waals surface area contributed by atoms with E-state index in [1.54, 1.807) is 23.1 Å². The van der Waals surface area contributed by atoms with E-state index in [-0.39, 0.29) is 31.3 Å². The molecule has 2 heterocycles. The summed E-state index contributed by atoms with van der Waals surface area (Å²) in [6.07, 6.45) is 0.949. The predicted octanol–water partition coefficient (Wildman–Crippen LogP) is 0.782. The van der Waals surface area contributed by atoms with E-state index in [0.29, 0.717) is 36.8 Å². The number of carbonyl (C=O) groups is 2. The number of hydrogen-bond acceptors (Lipinski definition) is 5. The van der Waals surface area contributed by atoms with Gasteiger partial charge in [0.05, 0.1) is 19.3 Å². The van der Waals surface area contributed by atoms with E-state index in [1.807, 2.05) is 6.92 Å². The highest BCUT2D eigenvalue weighted by atomic mass is 16.7. The van der Waals surface area contributed by atoms with E-state index in [1.165, 1.54) is 0 Å². The summed E-state index contributed by atoms with van der Waals surface area (Å²) in [5, 5.41) is 2.65. The minimum absolute atomic E-state index is 0.0241. The van der Waals surface area contributed by atoms with Gasteiger partial charge < -0.3 is 24.4 Å². The Labute approximate surface area is 134 Å². The van der Waals surface area contributed by atoms with Gasteiger partial charge in [-0.05, 0) is 24.6 Å². The molecule has 1 saturated heterocycles. The summed E-state index contributed by atoms with van der Waals surface area (Å²) in [4.78, 5) is 26.1. The molecule has 3 rings (SSSR count). The molecule has 1 N–H and O–H groups in total. The Hall–Kier alpha value is -2.28. The van der Waals surface area contributed by atoms with Crippen LogP contribution in [-0.4, -0.2) is 55.9 Å². The van der Waals surface area contributed by atoms with Gasteiger partial charge in [-0.3, -0.25) is 9.59 Å². The number of morpholine rings is 1. The smallest absolute Gasteiger partial charge is 0.251 e. The molecule has 7 heteroatoms. The molecule has 2 amide bonds. The zero-order chi connectivity index (χ0) is 16.2. The number of fused-ring (bicyclic) bond motifs is 1. The van der Waals surface area contributed by atoms with Gasteiger partial charge in [0.25, 0.3) is 5.91 Å². The molecule has 1 fully saturated rings. The van der Waals surface area contributed by atoms with Crippen LogP contribution >= 0.6 is 0 Å². The van der Waals surface area contributed by atoms with Crippen molar-refractivity contribution >= 4 is 11.8 Å². The normalized spacial score (nSPS) is 19.5. The Bertz CT molecular complexity index is 604. The Balaban J connectivity index is 1.53. The summed E-state index contributed by atoms with van der Waals surface area (Å²) >= 11 is 0. The number of amides is 2. The summed E-state index contributed by atoms with van der Waals surface area (Å²) in [5.74, 6) is 0.761. The van der Waals surface area contributed by atoms with Crippen molar-refractivity contribution in [1.29, 1.82) is 0 Å². The molecule has 23 heavy (non-hydrogen) atoms. The third-order valence-electron chi connectivity index (χ3n) is 3.98. The topological polar surface area (TPSA) is 77.1 Å². The van der Waals surface area contributed by atoms with Crippen molar-refractivity contribution in [2.45, 2.75) is 19.4 Å². The summed E-state index contributed by atoms with van der Waals surface area (Å²) in [5.41, 5.74) is 0.440. The van der Waals surface area contributed by atoms with E-state index < -0.39 is 0 Å². The highest BCUT2D eigenvalue weighted by Gasteiger charge is 2.23. The van der Waals surface area contributed by atoms with Gasteiger partial charge in [-0.25, -0.2) is 0 Å². The lowest BCUT2D eigenvalue weighted by Crippen LogP contribution is -2.48. The van der Waals surface area contributed by atoms with Crippen LogP contribution in [0.2, 0.25) is 0 Å². The van der Waals surface area contributed by atoms with Crippen molar-refractivity contribution in [1.82, 2.24) is 10.2 Å². The molecule has 2 aliphatic heterocycles. The summed E-state index contributed by atoms with van der Waals surface area (Å²) in [6.45, 7) is 3.85. The maximum absolute atomic E-state index is 12.2. The number of benzene rings is 1. The first kappa shape index (κ1) is 15.6. The molecule has 0 aliphatic carbocycles. The molecule has 0 bridgehead atoms. The summed E-state index contributed by atoms with van der Waals surface area (Å²) < 4.78 is 16.0. The van der Waals surface area contributed by atoms with Crippen molar-refractivity contribution < 1.29 is 23.8 Å². The SMILES string of the molecule is CCC1CN(C(=O)CNC(=O)c2ccc3c(c2)OCO3)CCO1. The lowest BCUT2D eigenvalue weighted by Gasteiger charge is -2.32. The molecule has 1 aromatic rings. The van der Waals surface area contributed by atoms with Gasteiger partial charge in [0.15, 0.2) is 11.5 Å².